The summed E-state index contributed by atoms with van der Waals surface area (Å²) < 4.78 is 25.3. The third kappa shape index (κ3) is 4.59. The van der Waals surface area contributed by atoms with E-state index in [4.69, 9.17) is 5.73 Å². The van der Waals surface area contributed by atoms with Crippen molar-refractivity contribution in [3.05, 3.63) is 10.6 Å². The quantitative estimate of drug-likeness (QED) is 0.245. The Bertz CT molecular complexity index is 983. The van der Waals surface area contributed by atoms with Gasteiger partial charge in [0.1, 0.15) is 5.70 Å². The van der Waals surface area contributed by atoms with E-state index in [1.165, 1.54) is 23.6 Å². The van der Waals surface area contributed by atoms with Crippen molar-refractivity contribution in [2.75, 3.05) is 19.7 Å². The monoisotopic (exact) mass is 531 g/mol. The molecule has 3 saturated heterocycles. The molecule has 0 aromatic rings. The highest BCUT2D eigenvalue weighted by Gasteiger charge is 2.60. The number of nitrogens with zero attached hydrogens (tertiary/aromatic N) is 2. The van der Waals surface area contributed by atoms with Crippen molar-refractivity contribution in [1.82, 2.24) is 20.4 Å². The van der Waals surface area contributed by atoms with Crippen molar-refractivity contribution in [2.24, 2.45) is 17.6 Å². The number of aliphatic hydroxyl groups excluding tert-OH is 1. The standard InChI is InChI=1S/C22H31F2N5O6S/c1-8-15-14(9(2)27-19(31)18(23)24)21(33)29(15)16(22(34)35)17(8)36-12-4-13(26-5-12)20(32)28-6-10(25)3-11(28)7-30/h8-15,18,26,30H,3-7,25H2,1-2H3,(H,27,31)(H,34,35)/t8-,9-,10+,11+,12+,13+,14-,15-/m1/s1. The number of carboxylic acids is 1. The molecular formula is C22H31F2N5O6S. The molecule has 200 valence electrons. The summed E-state index contributed by atoms with van der Waals surface area (Å²) in [4.78, 5) is 52.7. The van der Waals surface area contributed by atoms with Crippen LogP contribution in [0.4, 0.5) is 8.78 Å². The minimum atomic E-state index is -3.21. The molecule has 36 heavy (non-hydrogen) atoms. The van der Waals surface area contributed by atoms with Crippen molar-refractivity contribution in [3.8, 4) is 0 Å². The van der Waals surface area contributed by atoms with Gasteiger partial charge in [-0.05, 0) is 19.8 Å². The number of hydrogen-bond acceptors (Lipinski definition) is 8. The molecule has 0 aliphatic carbocycles. The Kier molecular flexibility index (Phi) is 7.60. The minimum absolute atomic E-state index is 0.133. The average Bonchev–Trinajstić information content (AvgIpc) is 3.49. The Morgan fingerprint density at radius 3 is 2.61 bits per heavy atom. The van der Waals surface area contributed by atoms with Gasteiger partial charge in [-0.15, -0.1) is 11.8 Å². The van der Waals surface area contributed by atoms with E-state index in [2.05, 4.69) is 10.6 Å². The highest BCUT2D eigenvalue weighted by molar-refractivity contribution is 8.03. The number of nitrogens with one attached hydrogen (secondary N) is 2. The van der Waals surface area contributed by atoms with Crippen LogP contribution in [0.25, 0.3) is 0 Å². The van der Waals surface area contributed by atoms with Gasteiger partial charge in [0.2, 0.25) is 11.8 Å². The fourth-order valence-corrected chi connectivity index (χ4v) is 7.31. The summed E-state index contributed by atoms with van der Waals surface area (Å²) in [5.41, 5.74) is 5.82. The lowest BCUT2D eigenvalue weighted by atomic mass is 9.78. The topological polar surface area (TPSA) is 165 Å². The molecule has 4 rings (SSSR count). The summed E-state index contributed by atoms with van der Waals surface area (Å²) in [5.74, 6) is -4.63. The molecule has 0 aromatic heterocycles. The van der Waals surface area contributed by atoms with Crippen molar-refractivity contribution in [2.45, 2.75) is 68.6 Å². The maximum atomic E-state index is 13.0. The average molecular weight is 532 g/mol. The predicted octanol–water partition coefficient (Wildman–Crippen LogP) is -1.09. The molecule has 3 fully saturated rings. The Hall–Kier alpha value is -2.29. The zero-order valence-corrected chi connectivity index (χ0v) is 20.7. The molecule has 3 amide bonds. The van der Waals surface area contributed by atoms with Crippen molar-refractivity contribution in [1.29, 1.82) is 0 Å². The predicted molar refractivity (Wildman–Crippen MR) is 125 cm³/mol. The summed E-state index contributed by atoms with van der Waals surface area (Å²) in [5, 5.41) is 24.6. The smallest absolute Gasteiger partial charge is 0.353 e. The molecule has 8 atom stereocenters. The number of halogens is 2. The number of β-lactam (4-membered cyclic amide) rings is 1. The SMILES string of the molecule is C[C@@H](NC(=O)C(F)F)[C@H]1C(=O)N2C(C(=O)O)=C(S[C@@H]3CN[C@H](C(=O)N4C[C@@H](N)C[C@H]4CO)C3)[C@H](C)[C@H]12. The van der Waals surface area contributed by atoms with Gasteiger partial charge in [0.05, 0.1) is 30.7 Å². The second-order valence-corrected chi connectivity index (χ2v) is 11.2. The number of carboxylic acid groups (broad SMARTS) is 1. The summed E-state index contributed by atoms with van der Waals surface area (Å²) in [6, 6.07) is -2.46. The van der Waals surface area contributed by atoms with E-state index >= 15 is 0 Å². The first-order chi connectivity index (χ1) is 17.0. The van der Waals surface area contributed by atoms with Gasteiger partial charge in [0.25, 0.3) is 5.91 Å². The van der Waals surface area contributed by atoms with Gasteiger partial charge >= 0.3 is 12.4 Å². The lowest BCUT2D eigenvalue weighted by Crippen LogP contribution is -2.66. The van der Waals surface area contributed by atoms with Crippen molar-refractivity contribution < 1.29 is 38.2 Å². The van der Waals surface area contributed by atoms with Crippen LogP contribution in [0.3, 0.4) is 0 Å². The first-order valence-corrected chi connectivity index (χ1v) is 12.8. The van der Waals surface area contributed by atoms with Gasteiger partial charge in [-0.1, -0.05) is 6.92 Å². The van der Waals surface area contributed by atoms with E-state index < -0.39 is 48.3 Å². The third-order valence-electron chi connectivity index (χ3n) is 7.52. The Labute approximate surface area is 210 Å². The first-order valence-electron chi connectivity index (χ1n) is 11.9. The molecule has 4 aliphatic heterocycles. The molecule has 0 bridgehead atoms. The number of carbonyl (C=O) groups excluding carboxylic acids is 3. The zero-order chi connectivity index (χ0) is 26.5. The largest absolute Gasteiger partial charge is 0.477 e. The Balaban J connectivity index is 1.44. The molecule has 14 heteroatoms. The molecule has 0 unspecified atom stereocenters. The summed E-state index contributed by atoms with van der Waals surface area (Å²) in [6.07, 6.45) is -2.25. The highest BCUT2D eigenvalue weighted by atomic mass is 32.2. The van der Waals surface area contributed by atoms with Crippen LogP contribution in [0, 0.1) is 11.8 Å². The Morgan fingerprint density at radius 2 is 2.00 bits per heavy atom. The maximum Gasteiger partial charge on any atom is 0.353 e. The van der Waals surface area contributed by atoms with Crippen LogP contribution in [0.1, 0.15) is 26.7 Å². The molecule has 0 saturated carbocycles. The summed E-state index contributed by atoms with van der Waals surface area (Å²) >= 11 is 1.30. The highest BCUT2D eigenvalue weighted by Crippen LogP contribution is 2.51. The van der Waals surface area contributed by atoms with E-state index in [-0.39, 0.29) is 41.5 Å². The molecule has 0 aromatic carbocycles. The van der Waals surface area contributed by atoms with Crippen LogP contribution in [0.15, 0.2) is 10.6 Å². The maximum absolute atomic E-state index is 13.0. The molecular weight excluding hydrogens is 500 g/mol. The lowest BCUT2D eigenvalue weighted by molar-refractivity contribution is -0.159. The van der Waals surface area contributed by atoms with Crippen LogP contribution in [-0.4, -0.2) is 105 Å². The van der Waals surface area contributed by atoms with E-state index in [1.54, 1.807) is 11.8 Å². The van der Waals surface area contributed by atoms with Crippen molar-refractivity contribution in [3.63, 3.8) is 0 Å². The number of carbonyl (C=O) groups is 4. The Morgan fingerprint density at radius 1 is 1.31 bits per heavy atom. The van der Waals surface area contributed by atoms with Crippen LogP contribution in [0.2, 0.25) is 0 Å². The number of nitrogens with two attached hydrogens (primary N) is 1. The number of rotatable bonds is 8. The fourth-order valence-electron chi connectivity index (χ4n) is 5.83. The number of aliphatic carboxylic acids is 1. The van der Waals surface area contributed by atoms with Crippen LogP contribution >= 0.6 is 11.8 Å². The second-order valence-electron chi connectivity index (χ2n) is 9.89. The second kappa shape index (κ2) is 10.2. The van der Waals surface area contributed by atoms with Gasteiger partial charge in [-0.3, -0.25) is 14.4 Å². The molecule has 4 heterocycles. The van der Waals surface area contributed by atoms with E-state index in [9.17, 15) is 38.2 Å². The number of thioether (sulfide) groups is 1. The summed E-state index contributed by atoms with van der Waals surface area (Å²) in [6.45, 7) is 3.88. The van der Waals surface area contributed by atoms with Crippen LogP contribution < -0.4 is 16.4 Å². The molecule has 4 aliphatic rings. The van der Waals surface area contributed by atoms with Crippen LogP contribution in [-0.2, 0) is 19.2 Å². The van der Waals surface area contributed by atoms with Gasteiger partial charge in [-0.2, -0.15) is 8.78 Å². The van der Waals surface area contributed by atoms with E-state index in [1.807, 2.05) is 0 Å². The number of likely N-dealkylation sites (tertiary alicyclic amines) is 1. The molecule has 0 radical (unpaired) electrons. The lowest BCUT2D eigenvalue weighted by Gasteiger charge is -2.47. The first kappa shape index (κ1) is 26.8. The minimum Gasteiger partial charge on any atom is -0.477 e. The van der Waals surface area contributed by atoms with Gasteiger partial charge in [0.15, 0.2) is 0 Å². The van der Waals surface area contributed by atoms with Gasteiger partial charge in [0, 0.05) is 41.2 Å². The number of amides is 3. The van der Waals surface area contributed by atoms with Gasteiger partial charge in [-0.25, -0.2) is 4.79 Å². The zero-order valence-electron chi connectivity index (χ0n) is 19.9. The molecule has 6 N–H and O–H groups in total. The molecule has 11 nitrogen and oxygen atoms in total. The third-order valence-corrected chi connectivity index (χ3v) is 9.03. The number of hydrogen-bond donors (Lipinski definition) is 5. The van der Waals surface area contributed by atoms with Gasteiger partial charge < -0.3 is 36.4 Å². The van der Waals surface area contributed by atoms with E-state index in [0.29, 0.717) is 30.8 Å². The normalized spacial score (nSPS) is 34.8. The van der Waals surface area contributed by atoms with E-state index in [0.717, 1.165) is 0 Å². The number of aliphatic hydroxyl groups is 1. The fraction of sp³-hybridized carbons (Fsp3) is 0.727. The number of fused-ring (bicyclic) bond motifs is 1. The van der Waals surface area contributed by atoms with Crippen LogP contribution in [0.5, 0.6) is 0 Å². The number of alkyl halides is 2. The molecule has 0 spiro atoms. The summed E-state index contributed by atoms with van der Waals surface area (Å²) in [7, 11) is 0. The van der Waals surface area contributed by atoms with Crippen molar-refractivity contribution >= 4 is 35.5 Å².